The summed E-state index contributed by atoms with van der Waals surface area (Å²) in [7, 11) is 0. The molecule has 2 N–H and O–H groups in total. The van der Waals surface area contributed by atoms with Crippen LogP contribution in [-0.2, 0) is 0 Å². The molecule has 2 heteroatoms. The Morgan fingerprint density at radius 1 is 1.14 bits per heavy atom. The molecule has 0 aromatic heterocycles. The summed E-state index contributed by atoms with van der Waals surface area (Å²) in [5.74, 6) is 0.416. The molecular formula is C12H24O2. The van der Waals surface area contributed by atoms with Crippen molar-refractivity contribution in [1.29, 1.82) is 0 Å². The third-order valence-corrected chi connectivity index (χ3v) is 3.23. The molecule has 0 aromatic carbocycles. The third kappa shape index (κ3) is 2.82. The molecule has 0 aliphatic heterocycles. The van der Waals surface area contributed by atoms with E-state index >= 15 is 0 Å². The second kappa shape index (κ2) is 6.20. The van der Waals surface area contributed by atoms with Gasteiger partial charge in [0.1, 0.15) is 0 Å². The van der Waals surface area contributed by atoms with Gasteiger partial charge in [0.2, 0.25) is 0 Å². The smallest absolute Gasteiger partial charge is 0.0632 e. The average molecular weight is 200 g/mol. The maximum absolute atomic E-state index is 9.74. The van der Waals surface area contributed by atoms with Crippen LogP contribution >= 0.6 is 0 Å². The maximum Gasteiger partial charge on any atom is 0.0632 e. The van der Waals surface area contributed by atoms with Crippen LogP contribution in [0.15, 0.2) is 12.7 Å². The summed E-state index contributed by atoms with van der Waals surface area (Å²) < 4.78 is 0. The van der Waals surface area contributed by atoms with Gasteiger partial charge in [0.05, 0.1) is 12.2 Å². The van der Waals surface area contributed by atoms with Crippen LogP contribution in [0, 0.1) is 17.8 Å². The van der Waals surface area contributed by atoms with Gasteiger partial charge in [-0.3, -0.25) is 0 Å². The summed E-state index contributed by atoms with van der Waals surface area (Å²) in [6.07, 6.45) is 1.78. The summed E-state index contributed by atoms with van der Waals surface area (Å²) in [6, 6.07) is 0. The molecule has 14 heavy (non-hydrogen) atoms. The molecule has 1 fully saturated rings. The van der Waals surface area contributed by atoms with E-state index in [-0.39, 0.29) is 30.0 Å². The quantitative estimate of drug-likeness (QED) is 0.637. The Hall–Kier alpha value is -0.340. The molecule has 0 bridgehead atoms. The Morgan fingerprint density at radius 3 is 2.07 bits per heavy atom. The molecule has 0 saturated heterocycles. The predicted molar refractivity (Wildman–Crippen MR) is 60.0 cm³/mol. The standard InChI is InChI=1S/C10H18O2.C2H6/c1-4-8-5-9(11)6(2)7(3)10(8)12;1-2/h4,6-12H,1,5H2,2-3H3;1-2H3. The Bertz CT molecular complexity index is 168. The van der Waals surface area contributed by atoms with Crippen molar-refractivity contribution in [2.45, 2.75) is 46.3 Å². The lowest BCUT2D eigenvalue weighted by atomic mass is 9.72. The van der Waals surface area contributed by atoms with Crippen LogP contribution in [0.25, 0.3) is 0 Å². The van der Waals surface area contributed by atoms with Gasteiger partial charge in [-0.05, 0) is 18.3 Å². The van der Waals surface area contributed by atoms with E-state index in [0.717, 1.165) is 0 Å². The Balaban J connectivity index is 0.000000791. The van der Waals surface area contributed by atoms with Crippen LogP contribution in [0.1, 0.15) is 34.1 Å². The number of aliphatic hydroxyl groups is 2. The zero-order valence-electron chi connectivity index (χ0n) is 9.77. The van der Waals surface area contributed by atoms with Crippen molar-refractivity contribution in [1.82, 2.24) is 0 Å². The fraction of sp³-hybridized carbons (Fsp3) is 0.833. The van der Waals surface area contributed by atoms with Gasteiger partial charge < -0.3 is 10.2 Å². The average Bonchev–Trinajstić information content (AvgIpc) is 2.23. The van der Waals surface area contributed by atoms with Gasteiger partial charge >= 0.3 is 0 Å². The van der Waals surface area contributed by atoms with Crippen molar-refractivity contribution in [2.75, 3.05) is 0 Å². The molecule has 0 radical (unpaired) electrons. The van der Waals surface area contributed by atoms with Crippen molar-refractivity contribution in [3.05, 3.63) is 12.7 Å². The number of rotatable bonds is 1. The van der Waals surface area contributed by atoms with E-state index < -0.39 is 0 Å². The molecule has 5 atom stereocenters. The molecule has 2 nitrogen and oxygen atoms in total. The van der Waals surface area contributed by atoms with Crippen molar-refractivity contribution in [3.63, 3.8) is 0 Å². The zero-order chi connectivity index (χ0) is 11.3. The predicted octanol–water partition coefficient (Wildman–Crippen LogP) is 2.21. The van der Waals surface area contributed by atoms with Crippen LogP contribution in [0.5, 0.6) is 0 Å². The van der Waals surface area contributed by atoms with Gasteiger partial charge in [0, 0.05) is 5.92 Å². The topological polar surface area (TPSA) is 40.5 Å². The van der Waals surface area contributed by atoms with Crippen LogP contribution < -0.4 is 0 Å². The van der Waals surface area contributed by atoms with Crippen molar-refractivity contribution >= 4 is 0 Å². The van der Waals surface area contributed by atoms with E-state index in [0.29, 0.717) is 6.42 Å². The Labute approximate surface area is 87.7 Å². The molecule has 1 aliphatic carbocycles. The van der Waals surface area contributed by atoms with Gasteiger partial charge in [-0.25, -0.2) is 0 Å². The molecule has 5 unspecified atom stereocenters. The molecule has 0 amide bonds. The molecule has 0 heterocycles. The van der Waals surface area contributed by atoms with Crippen LogP contribution in [-0.4, -0.2) is 22.4 Å². The first-order chi connectivity index (χ1) is 6.57. The number of hydrogen-bond donors (Lipinski definition) is 2. The highest BCUT2D eigenvalue weighted by Gasteiger charge is 2.37. The second-order valence-electron chi connectivity index (χ2n) is 3.91. The lowest BCUT2D eigenvalue weighted by molar-refractivity contribution is -0.0530. The van der Waals surface area contributed by atoms with E-state index in [9.17, 15) is 10.2 Å². The molecule has 0 spiro atoms. The summed E-state index contributed by atoms with van der Waals surface area (Å²) >= 11 is 0. The minimum absolute atomic E-state index is 0.0613. The summed E-state index contributed by atoms with van der Waals surface area (Å²) in [6.45, 7) is 11.6. The van der Waals surface area contributed by atoms with Crippen molar-refractivity contribution < 1.29 is 10.2 Å². The molecule has 1 rings (SSSR count). The van der Waals surface area contributed by atoms with Gasteiger partial charge in [0.25, 0.3) is 0 Å². The minimum Gasteiger partial charge on any atom is -0.393 e. The monoisotopic (exact) mass is 200 g/mol. The molecular weight excluding hydrogens is 176 g/mol. The number of aliphatic hydroxyl groups excluding tert-OH is 2. The molecule has 0 aromatic rings. The van der Waals surface area contributed by atoms with Crippen LogP contribution in [0.3, 0.4) is 0 Å². The van der Waals surface area contributed by atoms with Crippen molar-refractivity contribution in [2.24, 2.45) is 17.8 Å². The summed E-state index contributed by atoms with van der Waals surface area (Å²) in [4.78, 5) is 0. The van der Waals surface area contributed by atoms with Gasteiger partial charge in [-0.15, -0.1) is 6.58 Å². The lowest BCUT2D eigenvalue weighted by Crippen LogP contribution is -2.43. The first-order valence-corrected chi connectivity index (χ1v) is 5.56. The Kier molecular flexibility index (Phi) is 6.05. The lowest BCUT2D eigenvalue weighted by Gasteiger charge is -2.39. The van der Waals surface area contributed by atoms with Crippen molar-refractivity contribution in [3.8, 4) is 0 Å². The van der Waals surface area contributed by atoms with E-state index in [1.165, 1.54) is 0 Å². The normalized spacial score (nSPS) is 42.3. The highest BCUT2D eigenvalue weighted by molar-refractivity contribution is 4.95. The van der Waals surface area contributed by atoms with Crippen LogP contribution in [0.4, 0.5) is 0 Å². The fourth-order valence-electron chi connectivity index (χ4n) is 1.92. The largest absolute Gasteiger partial charge is 0.393 e. The Morgan fingerprint density at radius 2 is 1.64 bits per heavy atom. The molecule has 1 saturated carbocycles. The summed E-state index contributed by atoms with van der Waals surface area (Å²) in [5, 5.41) is 19.4. The maximum atomic E-state index is 9.74. The highest BCUT2D eigenvalue weighted by atomic mass is 16.3. The first kappa shape index (κ1) is 13.7. The molecule has 84 valence electrons. The SMILES string of the molecule is C=CC1CC(O)C(C)C(C)C1O.CC. The first-order valence-electron chi connectivity index (χ1n) is 5.56. The fourth-order valence-corrected chi connectivity index (χ4v) is 1.92. The second-order valence-corrected chi connectivity index (χ2v) is 3.91. The van der Waals surface area contributed by atoms with Gasteiger partial charge in [-0.1, -0.05) is 33.8 Å². The van der Waals surface area contributed by atoms with E-state index in [4.69, 9.17) is 0 Å². The minimum atomic E-state index is -0.333. The highest BCUT2D eigenvalue weighted by Crippen LogP contribution is 2.34. The van der Waals surface area contributed by atoms with E-state index in [1.807, 2.05) is 27.7 Å². The zero-order valence-corrected chi connectivity index (χ0v) is 9.77. The molecule has 1 aliphatic rings. The van der Waals surface area contributed by atoms with Gasteiger partial charge in [0.15, 0.2) is 0 Å². The van der Waals surface area contributed by atoms with E-state index in [1.54, 1.807) is 6.08 Å². The summed E-state index contributed by atoms with van der Waals surface area (Å²) in [5.41, 5.74) is 0. The van der Waals surface area contributed by atoms with E-state index in [2.05, 4.69) is 6.58 Å². The number of hydrogen-bond acceptors (Lipinski definition) is 2. The third-order valence-electron chi connectivity index (χ3n) is 3.23. The van der Waals surface area contributed by atoms with Crippen LogP contribution in [0.2, 0.25) is 0 Å². The van der Waals surface area contributed by atoms with Gasteiger partial charge in [-0.2, -0.15) is 0 Å².